The van der Waals surface area contributed by atoms with Crippen LogP contribution < -0.4 is 10.1 Å². The lowest BCUT2D eigenvalue weighted by molar-refractivity contribution is -0.121. The fourth-order valence-corrected chi connectivity index (χ4v) is 2.81. The molecule has 0 unspecified atom stereocenters. The van der Waals surface area contributed by atoms with Gasteiger partial charge in [0.25, 0.3) is 0 Å². The van der Waals surface area contributed by atoms with Gasteiger partial charge in [0.05, 0.1) is 6.61 Å². The van der Waals surface area contributed by atoms with Crippen molar-refractivity contribution in [1.82, 2.24) is 15.5 Å². The Morgan fingerprint density at radius 1 is 1.07 bits per heavy atom. The van der Waals surface area contributed by atoms with Crippen molar-refractivity contribution in [2.45, 2.75) is 32.6 Å². The van der Waals surface area contributed by atoms with Gasteiger partial charge in [-0.1, -0.05) is 35.5 Å². The van der Waals surface area contributed by atoms with E-state index < -0.39 is 0 Å². The summed E-state index contributed by atoms with van der Waals surface area (Å²) >= 11 is 0. The smallest absolute Gasteiger partial charge is 0.227 e. The average Bonchev–Trinajstić information content (AvgIpc) is 3.20. The second-order valence-corrected chi connectivity index (χ2v) is 6.41. The minimum Gasteiger partial charge on any atom is -0.494 e. The van der Waals surface area contributed by atoms with Crippen LogP contribution in [-0.4, -0.2) is 29.2 Å². The molecule has 0 saturated carbocycles. The zero-order valence-corrected chi connectivity index (χ0v) is 16.1. The second-order valence-electron chi connectivity index (χ2n) is 6.41. The van der Waals surface area contributed by atoms with Gasteiger partial charge >= 0.3 is 0 Å². The highest BCUT2D eigenvalue weighted by molar-refractivity contribution is 5.76. The maximum Gasteiger partial charge on any atom is 0.227 e. The quantitative estimate of drug-likeness (QED) is 0.542. The molecule has 0 radical (unpaired) electrons. The monoisotopic (exact) mass is 379 g/mol. The molecule has 0 aliphatic heterocycles. The third kappa shape index (κ3) is 5.94. The lowest BCUT2D eigenvalue weighted by atomic mass is 10.1. The number of benzene rings is 2. The summed E-state index contributed by atoms with van der Waals surface area (Å²) in [4.78, 5) is 16.4. The predicted molar refractivity (Wildman–Crippen MR) is 107 cm³/mol. The van der Waals surface area contributed by atoms with Crippen molar-refractivity contribution in [1.29, 1.82) is 0 Å². The molecule has 28 heavy (non-hydrogen) atoms. The van der Waals surface area contributed by atoms with E-state index in [2.05, 4.69) is 27.6 Å². The molecule has 0 bridgehead atoms. The van der Waals surface area contributed by atoms with Crippen LogP contribution in [0.3, 0.4) is 0 Å². The van der Waals surface area contributed by atoms with E-state index in [9.17, 15) is 4.79 Å². The third-order valence-corrected chi connectivity index (χ3v) is 4.26. The Morgan fingerprint density at radius 2 is 1.86 bits per heavy atom. The molecular formula is C22H25N3O3. The minimum absolute atomic E-state index is 0.00567. The Morgan fingerprint density at radius 3 is 2.61 bits per heavy atom. The number of aromatic nitrogens is 2. The molecular weight excluding hydrogens is 354 g/mol. The molecule has 3 rings (SSSR count). The number of nitrogens with one attached hydrogen (secondary N) is 1. The molecule has 0 saturated heterocycles. The van der Waals surface area contributed by atoms with Crippen molar-refractivity contribution in [2.24, 2.45) is 0 Å². The normalized spacial score (nSPS) is 10.6. The molecule has 6 nitrogen and oxygen atoms in total. The second kappa shape index (κ2) is 10.3. The summed E-state index contributed by atoms with van der Waals surface area (Å²) in [6.07, 6.45) is 2.62. The fourth-order valence-electron chi connectivity index (χ4n) is 2.81. The van der Waals surface area contributed by atoms with E-state index in [4.69, 9.17) is 9.26 Å². The highest BCUT2D eigenvalue weighted by Crippen LogP contribution is 2.20. The van der Waals surface area contributed by atoms with Gasteiger partial charge in [0.1, 0.15) is 5.75 Å². The maximum atomic E-state index is 12.0. The largest absolute Gasteiger partial charge is 0.494 e. The first-order chi connectivity index (χ1) is 13.7. The summed E-state index contributed by atoms with van der Waals surface area (Å²) in [7, 11) is 0. The van der Waals surface area contributed by atoms with E-state index in [-0.39, 0.29) is 5.91 Å². The summed E-state index contributed by atoms with van der Waals surface area (Å²) in [5.74, 6) is 1.78. The van der Waals surface area contributed by atoms with Crippen molar-refractivity contribution in [3.05, 3.63) is 66.1 Å². The predicted octanol–water partition coefficient (Wildman–Crippen LogP) is 3.82. The van der Waals surface area contributed by atoms with Gasteiger partial charge < -0.3 is 14.6 Å². The van der Waals surface area contributed by atoms with Gasteiger partial charge in [-0.05, 0) is 49.6 Å². The van der Waals surface area contributed by atoms with Crippen LogP contribution in [0.5, 0.6) is 5.75 Å². The van der Waals surface area contributed by atoms with Crippen LogP contribution in [0.1, 0.15) is 31.2 Å². The van der Waals surface area contributed by atoms with Crippen molar-refractivity contribution < 1.29 is 14.1 Å². The molecule has 0 aliphatic carbocycles. The van der Waals surface area contributed by atoms with E-state index in [1.165, 1.54) is 5.56 Å². The number of carbonyl (C=O) groups excluding carboxylic acids is 1. The van der Waals surface area contributed by atoms with Crippen LogP contribution in [0.15, 0.2) is 59.1 Å². The highest BCUT2D eigenvalue weighted by Gasteiger charge is 2.11. The Labute approximate surface area is 164 Å². The van der Waals surface area contributed by atoms with Crippen LogP contribution in [0.2, 0.25) is 0 Å². The van der Waals surface area contributed by atoms with Crippen LogP contribution in [-0.2, 0) is 17.6 Å². The molecule has 0 spiro atoms. The molecule has 2 aromatic carbocycles. The lowest BCUT2D eigenvalue weighted by Gasteiger charge is -2.04. The number of nitrogens with zero attached hydrogens (tertiary/aromatic N) is 2. The average molecular weight is 379 g/mol. The first-order valence-electron chi connectivity index (χ1n) is 9.61. The van der Waals surface area contributed by atoms with E-state index in [0.717, 1.165) is 24.2 Å². The Kier molecular flexibility index (Phi) is 7.18. The van der Waals surface area contributed by atoms with Crippen molar-refractivity contribution in [3.8, 4) is 17.1 Å². The van der Waals surface area contributed by atoms with Crippen molar-refractivity contribution in [2.75, 3.05) is 13.2 Å². The maximum absolute atomic E-state index is 12.0. The van der Waals surface area contributed by atoms with E-state index in [0.29, 0.717) is 37.7 Å². The van der Waals surface area contributed by atoms with Gasteiger partial charge in [-0.2, -0.15) is 4.98 Å². The van der Waals surface area contributed by atoms with Gasteiger partial charge in [0, 0.05) is 24.9 Å². The summed E-state index contributed by atoms with van der Waals surface area (Å²) < 4.78 is 10.7. The summed E-state index contributed by atoms with van der Waals surface area (Å²) in [6, 6.07) is 17.8. The summed E-state index contributed by atoms with van der Waals surface area (Å²) in [6.45, 7) is 3.23. The summed E-state index contributed by atoms with van der Waals surface area (Å²) in [5.41, 5.74) is 2.13. The van der Waals surface area contributed by atoms with E-state index in [1.807, 2.05) is 49.4 Å². The van der Waals surface area contributed by atoms with Gasteiger partial charge in [-0.15, -0.1) is 0 Å². The molecule has 0 aliphatic rings. The number of ether oxygens (including phenoxy) is 1. The fraction of sp³-hybridized carbons (Fsp3) is 0.318. The topological polar surface area (TPSA) is 77.2 Å². The van der Waals surface area contributed by atoms with Gasteiger partial charge in [-0.25, -0.2) is 0 Å². The zero-order chi connectivity index (χ0) is 19.6. The standard InChI is InChI=1S/C22H25N3O3/c1-2-27-19-12-10-18(11-13-19)22-24-21(28-25-22)15-14-20(26)23-16-6-9-17-7-4-3-5-8-17/h3-5,7-8,10-13H,2,6,9,14-16H2,1H3,(H,23,26). The number of carbonyl (C=O) groups is 1. The van der Waals surface area contributed by atoms with Crippen LogP contribution in [0, 0.1) is 0 Å². The molecule has 3 aromatic rings. The number of hydrogen-bond donors (Lipinski definition) is 1. The number of amides is 1. The van der Waals surface area contributed by atoms with Crippen molar-refractivity contribution >= 4 is 5.91 Å². The number of rotatable bonds is 10. The first kappa shape index (κ1) is 19.6. The highest BCUT2D eigenvalue weighted by atomic mass is 16.5. The molecule has 6 heteroatoms. The zero-order valence-electron chi connectivity index (χ0n) is 16.1. The Balaban J connectivity index is 1.39. The lowest BCUT2D eigenvalue weighted by Crippen LogP contribution is -2.25. The molecule has 1 heterocycles. The van der Waals surface area contributed by atoms with Crippen LogP contribution in [0.25, 0.3) is 11.4 Å². The van der Waals surface area contributed by atoms with E-state index in [1.54, 1.807) is 0 Å². The number of hydrogen-bond acceptors (Lipinski definition) is 5. The molecule has 146 valence electrons. The number of aryl methyl sites for hydroxylation is 2. The Hall–Kier alpha value is -3.15. The molecule has 1 amide bonds. The third-order valence-electron chi connectivity index (χ3n) is 4.26. The van der Waals surface area contributed by atoms with E-state index >= 15 is 0 Å². The van der Waals surface area contributed by atoms with Gasteiger partial charge in [0.2, 0.25) is 17.6 Å². The summed E-state index contributed by atoms with van der Waals surface area (Å²) in [5, 5.41) is 6.93. The first-order valence-corrected chi connectivity index (χ1v) is 9.61. The van der Waals surface area contributed by atoms with Crippen molar-refractivity contribution in [3.63, 3.8) is 0 Å². The Bertz CT molecular complexity index is 860. The van der Waals surface area contributed by atoms with Gasteiger partial charge in [-0.3, -0.25) is 4.79 Å². The molecule has 1 N–H and O–H groups in total. The van der Waals surface area contributed by atoms with Crippen LogP contribution in [0.4, 0.5) is 0 Å². The molecule has 1 aromatic heterocycles. The van der Waals surface area contributed by atoms with Gasteiger partial charge in [0.15, 0.2) is 0 Å². The SMILES string of the molecule is CCOc1ccc(-c2noc(CCC(=O)NCCCc3ccccc3)n2)cc1. The molecule has 0 atom stereocenters. The molecule has 0 fully saturated rings. The minimum atomic E-state index is -0.00567. The van der Waals surface area contributed by atoms with Crippen LogP contribution >= 0.6 is 0 Å².